The van der Waals surface area contributed by atoms with Gasteiger partial charge in [-0.15, -0.1) is 0 Å². The smallest absolute Gasteiger partial charge is 0.254 e. The zero-order valence-corrected chi connectivity index (χ0v) is 12.9. The van der Waals surface area contributed by atoms with Crippen LogP contribution in [-0.4, -0.2) is 60.3 Å². The summed E-state index contributed by atoms with van der Waals surface area (Å²) in [6.07, 6.45) is 1.98. The van der Waals surface area contributed by atoms with E-state index in [1.807, 2.05) is 0 Å². The van der Waals surface area contributed by atoms with Crippen LogP contribution >= 0.6 is 0 Å². The van der Waals surface area contributed by atoms with Crippen LogP contribution in [0.25, 0.3) is 0 Å². The summed E-state index contributed by atoms with van der Waals surface area (Å²) < 4.78 is 5.20. The molecule has 2 N–H and O–H groups in total. The highest BCUT2D eigenvalue weighted by Crippen LogP contribution is 2.27. The molecule has 0 aromatic heterocycles. The number of piperidine rings is 1. The molecule has 0 aromatic rings. The van der Waals surface area contributed by atoms with E-state index in [1.54, 1.807) is 25.8 Å². The Bertz CT molecular complexity index is 370. The third-order valence-corrected chi connectivity index (χ3v) is 3.96. The van der Waals surface area contributed by atoms with Crippen molar-refractivity contribution in [1.29, 1.82) is 0 Å². The van der Waals surface area contributed by atoms with Gasteiger partial charge in [0.25, 0.3) is 5.91 Å². The van der Waals surface area contributed by atoms with Gasteiger partial charge in [0.1, 0.15) is 5.60 Å². The van der Waals surface area contributed by atoms with Gasteiger partial charge in [0.05, 0.1) is 5.60 Å². The molecule has 0 saturated carbocycles. The van der Waals surface area contributed by atoms with Gasteiger partial charge >= 0.3 is 0 Å². The molecule has 0 radical (unpaired) electrons. The summed E-state index contributed by atoms with van der Waals surface area (Å²) in [5.41, 5.74) is -1.87. The molecule has 0 bridgehead atoms. The minimum Gasteiger partial charge on any atom is -0.388 e. The van der Waals surface area contributed by atoms with Crippen molar-refractivity contribution in [3.8, 4) is 0 Å². The molecular weight excluding hydrogens is 260 g/mol. The third-order valence-electron chi connectivity index (χ3n) is 3.96. The lowest BCUT2D eigenvalue weighted by molar-refractivity contribution is -0.158. The van der Waals surface area contributed by atoms with E-state index in [0.717, 1.165) is 6.42 Å². The van der Waals surface area contributed by atoms with E-state index in [-0.39, 0.29) is 24.8 Å². The van der Waals surface area contributed by atoms with Crippen LogP contribution in [0.5, 0.6) is 0 Å². The summed E-state index contributed by atoms with van der Waals surface area (Å²) >= 11 is 0. The number of likely N-dealkylation sites (tertiary alicyclic amines) is 1. The van der Waals surface area contributed by atoms with E-state index < -0.39 is 11.2 Å². The highest BCUT2D eigenvalue weighted by molar-refractivity contribution is 5.84. The fraction of sp³-hybridized carbons (Fsp3) is 0.857. The van der Waals surface area contributed by atoms with E-state index in [4.69, 9.17) is 4.74 Å². The fourth-order valence-corrected chi connectivity index (χ4v) is 2.43. The number of carbonyl (C=O) groups excluding carboxylic acids is 2. The van der Waals surface area contributed by atoms with Crippen molar-refractivity contribution in [2.45, 2.75) is 50.7 Å². The maximum Gasteiger partial charge on any atom is 0.254 e. The molecule has 1 heterocycles. The van der Waals surface area contributed by atoms with Gasteiger partial charge in [-0.25, -0.2) is 0 Å². The molecule has 1 fully saturated rings. The van der Waals surface area contributed by atoms with Crippen LogP contribution in [0, 0.1) is 0 Å². The predicted octanol–water partition coefficient (Wildman–Crippen LogP) is 0.291. The van der Waals surface area contributed by atoms with Gasteiger partial charge in [0, 0.05) is 33.7 Å². The summed E-state index contributed by atoms with van der Waals surface area (Å²) in [7, 11) is 3.07. The molecular formula is C14H26N2O4. The Morgan fingerprint density at radius 2 is 2.10 bits per heavy atom. The Hall–Kier alpha value is -1.14. The van der Waals surface area contributed by atoms with E-state index in [1.165, 1.54) is 7.11 Å². The first-order chi connectivity index (χ1) is 9.24. The zero-order valence-electron chi connectivity index (χ0n) is 12.9. The second-order valence-corrected chi connectivity index (χ2v) is 5.94. The molecule has 116 valence electrons. The van der Waals surface area contributed by atoms with Crippen molar-refractivity contribution in [2.24, 2.45) is 0 Å². The number of aliphatic hydroxyl groups is 1. The monoisotopic (exact) mass is 286 g/mol. The first kappa shape index (κ1) is 16.9. The third kappa shape index (κ3) is 4.18. The molecule has 1 rings (SSSR count). The van der Waals surface area contributed by atoms with Gasteiger partial charge in [-0.2, -0.15) is 0 Å². The molecule has 1 atom stereocenters. The average Bonchev–Trinajstić information content (AvgIpc) is 2.44. The minimum atomic E-state index is -0.982. The quantitative estimate of drug-likeness (QED) is 0.761. The molecule has 1 unspecified atom stereocenters. The number of hydrogen-bond acceptors (Lipinski definition) is 4. The summed E-state index contributed by atoms with van der Waals surface area (Å²) in [6.45, 7) is 4.31. The van der Waals surface area contributed by atoms with Crippen molar-refractivity contribution < 1.29 is 19.4 Å². The molecule has 20 heavy (non-hydrogen) atoms. The molecule has 0 aromatic carbocycles. The molecule has 0 spiro atoms. The molecule has 0 aliphatic carbocycles. The van der Waals surface area contributed by atoms with Gasteiger partial charge < -0.3 is 20.1 Å². The Kier molecular flexibility index (Phi) is 5.53. The topological polar surface area (TPSA) is 78.9 Å². The SMILES string of the molecule is CNC(=O)CCC1(O)CCCN(C(=O)C(C)(C)OC)C1. The van der Waals surface area contributed by atoms with Crippen LogP contribution in [0.4, 0.5) is 0 Å². The molecule has 1 aliphatic rings. The van der Waals surface area contributed by atoms with Gasteiger partial charge in [-0.3, -0.25) is 9.59 Å². The number of ether oxygens (including phenoxy) is 1. The Morgan fingerprint density at radius 1 is 1.45 bits per heavy atom. The zero-order chi connectivity index (χ0) is 15.4. The lowest BCUT2D eigenvalue weighted by Gasteiger charge is -2.41. The molecule has 1 aliphatic heterocycles. The number of rotatable bonds is 5. The van der Waals surface area contributed by atoms with E-state index in [9.17, 15) is 14.7 Å². The van der Waals surface area contributed by atoms with E-state index in [2.05, 4.69) is 5.32 Å². The number of methoxy groups -OCH3 is 1. The van der Waals surface area contributed by atoms with Crippen molar-refractivity contribution >= 4 is 11.8 Å². The lowest BCUT2D eigenvalue weighted by atomic mass is 9.87. The molecule has 6 heteroatoms. The standard InChI is InChI=1S/C14H26N2O4/c1-13(2,20-4)12(18)16-9-5-7-14(19,10-16)8-6-11(17)15-3/h19H,5-10H2,1-4H3,(H,15,17). The van der Waals surface area contributed by atoms with Crippen molar-refractivity contribution in [2.75, 3.05) is 27.2 Å². The number of carbonyl (C=O) groups is 2. The van der Waals surface area contributed by atoms with E-state index >= 15 is 0 Å². The Balaban J connectivity index is 2.66. The maximum absolute atomic E-state index is 12.3. The van der Waals surface area contributed by atoms with Crippen molar-refractivity contribution in [1.82, 2.24) is 10.2 Å². The van der Waals surface area contributed by atoms with Crippen molar-refractivity contribution in [3.63, 3.8) is 0 Å². The maximum atomic E-state index is 12.3. The number of hydrogen-bond donors (Lipinski definition) is 2. The highest BCUT2D eigenvalue weighted by atomic mass is 16.5. The summed E-state index contributed by atoms with van der Waals surface area (Å²) in [4.78, 5) is 25.3. The summed E-state index contributed by atoms with van der Waals surface area (Å²) in [5, 5.41) is 13.1. The number of amides is 2. The fourth-order valence-electron chi connectivity index (χ4n) is 2.43. The van der Waals surface area contributed by atoms with Crippen molar-refractivity contribution in [3.05, 3.63) is 0 Å². The Labute approximate surface area is 120 Å². The van der Waals surface area contributed by atoms with Gasteiger partial charge in [-0.05, 0) is 33.1 Å². The van der Waals surface area contributed by atoms with E-state index in [0.29, 0.717) is 19.4 Å². The van der Waals surface area contributed by atoms with Gasteiger partial charge in [0.2, 0.25) is 5.91 Å². The molecule has 2 amide bonds. The van der Waals surface area contributed by atoms with Crippen LogP contribution in [-0.2, 0) is 14.3 Å². The number of nitrogens with one attached hydrogen (secondary N) is 1. The molecule has 1 saturated heterocycles. The predicted molar refractivity (Wildman–Crippen MR) is 75.2 cm³/mol. The number of β-amino-alcohol motifs (C(OH)–C–C–N with tert-alkyl or cyclic N) is 1. The van der Waals surface area contributed by atoms with Crippen LogP contribution < -0.4 is 5.32 Å². The van der Waals surface area contributed by atoms with Crippen LogP contribution in [0.2, 0.25) is 0 Å². The van der Waals surface area contributed by atoms with Crippen LogP contribution in [0.3, 0.4) is 0 Å². The highest BCUT2D eigenvalue weighted by Gasteiger charge is 2.39. The van der Waals surface area contributed by atoms with Gasteiger partial charge in [-0.1, -0.05) is 0 Å². The normalized spacial score (nSPS) is 23.6. The number of nitrogens with zero attached hydrogens (tertiary/aromatic N) is 1. The van der Waals surface area contributed by atoms with Crippen LogP contribution in [0.15, 0.2) is 0 Å². The van der Waals surface area contributed by atoms with Crippen LogP contribution in [0.1, 0.15) is 39.5 Å². The first-order valence-electron chi connectivity index (χ1n) is 7.01. The second-order valence-electron chi connectivity index (χ2n) is 5.94. The molecule has 6 nitrogen and oxygen atoms in total. The summed E-state index contributed by atoms with van der Waals surface area (Å²) in [5.74, 6) is -0.225. The largest absolute Gasteiger partial charge is 0.388 e. The second kappa shape index (κ2) is 6.54. The summed E-state index contributed by atoms with van der Waals surface area (Å²) in [6, 6.07) is 0. The van der Waals surface area contributed by atoms with Gasteiger partial charge in [0.15, 0.2) is 0 Å². The lowest BCUT2D eigenvalue weighted by Crippen LogP contribution is -2.55. The average molecular weight is 286 g/mol. The first-order valence-corrected chi connectivity index (χ1v) is 7.01. The Morgan fingerprint density at radius 3 is 2.65 bits per heavy atom. The minimum absolute atomic E-state index is 0.0981.